The predicted molar refractivity (Wildman–Crippen MR) is 161 cm³/mol. The van der Waals surface area contributed by atoms with Crippen molar-refractivity contribution in [2.45, 2.75) is 36.8 Å². The van der Waals surface area contributed by atoms with E-state index in [-0.39, 0.29) is 11.8 Å². The molecule has 3 atom stereocenters. The zero-order chi connectivity index (χ0) is 27.2. The van der Waals surface area contributed by atoms with Gasteiger partial charge >= 0.3 is 5.66 Å². The van der Waals surface area contributed by atoms with Crippen molar-refractivity contribution >= 4 is 0 Å². The van der Waals surface area contributed by atoms with Gasteiger partial charge < -0.3 is 0 Å². The van der Waals surface area contributed by atoms with Gasteiger partial charge in [-0.05, 0) is 69.0 Å². The third-order valence-corrected chi connectivity index (χ3v) is 11.1. The average Bonchev–Trinajstić information content (AvgIpc) is 3.04. The Labute approximate surface area is 245 Å². The van der Waals surface area contributed by atoms with Crippen LogP contribution >= 0.6 is 0 Å². The van der Waals surface area contributed by atoms with Crippen molar-refractivity contribution in [2.24, 2.45) is 0 Å². The van der Waals surface area contributed by atoms with Crippen molar-refractivity contribution in [1.29, 1.82) is 0 Å². The van der Waals surface area contributed by atoms with Crippen LogP contribution in [0.2, 0.25) is 0 Å². The van der Waals surface area contributed by atoms with Crippen LogP contribution in [0.1, 0.15) is 90.0 Å². The first kappa shape index (κ1) is 21.9. The van der Waals surface area contributed by atoms with Crippen LogP contribution in [0.4, 0.5) is 0 Å². The van der Waals surface area contributed by atoms with E-state index in [1.54, 1.807) is 5.56 Å². The second-order valence-corrected chi connectivity index (χ2v) is 12.8. The summed E-state index contributed by atoms with van der Waals surface area (Å²) in [6, 6.07) is 42.0. The number of nitrogens with zero attached hydrogens (tertiary/aromatic N) is 2. The molecule has 0 N–H and O–H groups in total. The zero-order valence-electron chi connectivity index (χ0n) is 23.2. The van der Waals surface area contributed by atoms with Crippen molar-refractivity contribution in [3.05, 3.63) is 200 Å². The Bertz CT molecular complexity index is 2170. The molecule has 5 aliphatic rings. The van der Waals surface area contributed by atoms with Gasteiger partial charge in [0.05, 0.1) is 11.8 Å². The van der Waals surface area contributed by atoms with Crippen molar-refractivity contribution in [1.82, 2.24) is 0 Å². The lowest BCUT2D eigenvalue weighted by atomic mass is 9.61. The van der Waals surface area contributed by atoms with E-state index in [2.05, 4.69) is 131 Å². The van der Waals surface area contributed by atoms with E-state index >= 15 is 0 Å². The van der Waals surface area contributed by atoms with Crippen LogP contribution in [-0.4, -0.2) is 0 Å². The molecule has 4 heterocycles. The highest BCUT2D eigenvalue weighted by Gasteiger charge is 2.69. The molecule has 196 valence electrons. The fraction of sp³-hybridized carbons (Fsp3) is 0.150. The van der Waals surface area contributed by atoms with E-state index in [1.807, 2.05) is 0 Å². The van der Waals surface area contributed by atoms with Gasteiger partial charge in [-0.25, -0.2) is 0 Å². The number of rotatable bonds is 0. The van der Waals surface area contributed by atoms with E-state index in [0.717, 1.165) is 19.3 Å². The highest BCUT2D eigenvalue weighted by molar-refractivity contribution is 5.67. The molecule has 0 amide bonds. The molecule has 3 aliphatic carbocycles. The van der Waals surface area contributed by atoms with Gasteiger partial charge in [0.2, 0.25) is 11.4 Å². The molecule has 2 aliphatic heterocycles. The van der Waals surface area contributed by atoms with E-state index in [1.165, 1.54) is 72.6 Å². The van der Waals surface area contributed by atoms with Crippen LogP contribution in [-0.2, 0) is 24.9 Å². The normalized spacial score (nSPS) is 22.1. The minimum atomic E-state index is -0.460. The SMILES string of the molecule is c1ccc2c(c1)Cc1ccc3c4c1C2c1cccc[n+]1C41c2c(cccc2C2c4ccccc4Cc4ccc[n+]1c42)C3. The third-order valence-electron chi connectivity index (χ3n) is 11.1. The van der Waals surface area contributed by atoms with Gasteiger partial charge in [-0.3, -0.25) is 0 Å². The second-order valence-electron chi connectivity index (χ2n) is 12.8. The maximum Gasteiger partial charge on any atom is 0.416 e. The lowest BCUT2D eigenvalue weighted by Gasteiger charge is -2.45. The topological polar surface area (TPSA) is 7.76 Å². The van der Waals surface area contributed by atoms with Crippen LogP contribution in [0.15, 0.2) is 122 Å². The smallest absolute Gasteiger partial charge is 0.129 e. The monoisotopic (exact) mass is 536 g/mol. The van der Waals surface area contributed by atoms with E-state index in [4.69, 9.17) is 0 Å². The molecule has 6 aromatic rings. The Morgan fingerprint density at radius 3 is 1.95 bits per heavy atom. The second kappa shape index (κ2) is 7.33. The summed E-state index contributed by atoms with van der Waals surface area (Å²) in [4.78, 5) is 0. The summed E-state index contributed by atoms with van der Waals surface area (Å²) in [5, 5.41) is 0. The Kier molecular flexibility index (Phi) is 3.81. The summed E-state index contributed by atoms with van der Waals surface area (Å²) in [6.07, 6.45) is 7.74. The fourth-order valence-electron chi connectivity index (χ4n) is 9.71. The highest BCUT2D eigenvalue weighted by Crippen LogP contribution is 2.56. The maximum absolute atomic E-state index is 2.72. The van der Waals surface area contributed by atoms with Crippen LogP contribution in [0, 0.1) is 0 Å². The molecule has 1 spiro atoms. The fourth-order valence-corrected chi connectivity index (χ4v) is 9.71. The van der Waals surface area contributed by atoms with Crippen molar-refractivity contribution in [2.75, 3.05) is 0 Å². The van der Waals surface area contributed by atoms with Gasteiger partial charge in [-0.2, -0.15) is 0 Å². The first-order chi connectivity index (χ1) is 20.8. The van der Waals surface area contributed by atoms with E-state index < -0.39 is 5.66 Å². The molecular formula is C40H28N2+2. The van der Waals surface area contributed by atoms with Crippen molar-refractivity contribution in [3.63, 3.8) is 0 Å². The minimum absolute atomic E-state index is 0.235. The van der Waals surface area contributed by atoms with Crippen LogP contribution in [0.25, 0.3) is 0 Å². The lowest BCUT2D eigenvalue weighted by Crippen LogP contribution is -2.81. The molecular weight excluding hydrogens is 508 g/mol. The van der Waals surface area contributed by atoms with Gasteiger partial charge in [0.15, 0.2) is 12.4 Å². The molecule has 0 saturated heterocycles. The third kappa shape index (κ3) is 2.32. The Morgan fingerprint density at radius 1 is 0.452 bits per heavy atom. The number of aromatic nitrogens is 2. The summed E-state index contributed by atoms with van der Waals surface area (Å²) in [7, 11) is 0. The van der Waals surface area contributed by atoms with Crippen molar-refractivity contribution < 1.29 is 9.13 Å². The first-order valence-electron chi connectivity index (χ1n) is 15.3. The number of pyridine rings is 2. The molecule has 3 unspecified atom stereocenters. The quantitative estimate of drug-likeness (QED) is 0.202. The maximum atomic E-state index is 2.72. The van der Waals surface area contributed by atoms with Gasteiger partial charge in [0, 0.05) is 30.2 Å². The number of fused-ring (bicyclic) bond motifs is 7. The summed E-state index contributed by atoms with van der Waals surface area (Å²) < 4.78 is 5.39. The summed E-state index contributed by atoms with van der Waals surface area (Å²) in [5.41, 5.74) is 20.2. The largest absolute Gasteiger partial charge is 0.416 e. The van der Waals surface area contributed by atoms with Gasteiger partial charge in [0.1, 0.15) is 11.1 Å². The highest BCUT2D eigenvalue weighted by atomic mass is 15.3. The first-order valence-corrected chi connectivity index (χ1v) is 15.3. The zero-order valence-corrected chi connectivity index (χ0v) is 23.2. The molecule has 42 heavy (non-hydrogen) atoms. The van der Waals surface area contributed by atoms with E-state index in [9.17, 15) is 0 Å². The molecule has 0 bridgehead atoms. The van der Waals surface area contributed by atoms with Gasteiger partial charge in [-0.15, -0.1) is 9.13 Å². The predicted octanol–water partition coefficient (Wildman–Crippen LogP) is 6.26. The average molecular weight is 537 g/mol. The summed E-state index contributed by atoms with van der Waals surface area (Å²) in [5.74, 6) is 0.470. The van der Waals surface area contributed by atoms with Crippen LogP contribution in [0.5, 0.6) is 0 Å². The number of benzene rings is 4. The molecule has 2 heteroatoms. The number of hydrogen-bond acceptors (Lipinski definition) is 0. The Morgan fingerprint density at radius 2 is 1.07 bits per heavy atom. The van der Waals surface area contributed by atoms with Crippen LogP contribution in [0.3, 0.4) is 0 Å². The molecule has 0 fully saturated rings. The molecule has 0 saturated carbocycles. The number of hydrogen-bond donors (Lipinski definition) is 0. The molecule has 2 aromatic heterocycles. The standard InChI is InChI=1S/C40H28N2/c1-3-13-30-25(10-1)22-29-12-8-20-42-39(29)35(30)32-15-7-11-27-23-28-18-17-26-21-24-9-2-4-14-31(24)36-33-16-5-6-19-41(33)40(42,37(27)32)38(28)34(26)36/h1-20,35-36H,21-23H2/q+2. The summed E-state index contributed by atoms with van der Waals surface area (Å²) in [6.45, 7) is 0. The molecule has 2 nitrogen and oxygen atoms in total. The van der Waals surface area contributed by atoms with Crippen molar-refractivity contribution in [3.8, 4) is 0 Å². The molecule has 11 rings (SSSR count). The molecule has 0 radical (unpaired) electrons. The Hall–Kier alpha value is -4.82. The van der Waals surface area contributed by atoms with Gasteiger partial charge in [0.25, 0.3) is 0 Å². The van der Waals surface area contributed by atoms with Gasteiger partial charge in [-0.1, -0.05) is 84.9 Å². The van der Waals surface area contributed by atoms with Crippen LogP contribution < -0.4 is 9.13 Å². The summed E-state index contributed by atoms with van der Waals surface area (Å²) >= 11 is 0. The lowest BCUT2D eigenvalue weighted by molar-refractivity contribution is -0.980. The Balaban J connectivity index is 1.36. The van der Waals surface area contributed by atoms with E-state index in [0.29, 0.717) is 0 Å². The molecule has 4 aromatic carbocycles. The minimum Gasteiger partial charge on any atom is -0.129 e.